The van der Waals surface area contributed by atoms with E-state index < -0.39 is 0 Å². The van der Waals surface area contributed by atoms with Gasteiger partial charge in [-0.1, -0.05) is 24.3 Å². The van der Waals surface area contributed by atoms with Crippen molar-refractivity contribution in [1.82, 2.24) is 9.78 Å². The predicted octanol–water partition coefficient (Wildman–Crippen LogP) is 3.57. The van der Waals surface area contributed by atoms with Gasteiger partial charge in [0.05, 0.1) is 5.69 Å². The molecular weight excluding hydrogens is 246 g/mol. The lowest BCUT2D eigenvalue weighted by Crippen LogP contribution is -2.13. The first kappa shape index (κ1) is 11.3. The molecule has 1 aliphatic rings. The third-order valence-corrected chi connectivity index (χ3v) is 3.80. The summed E-state index contributed by atoms with van der Waals surface area (Å²) >= 11 is 0. The first-order chi connectivity index (χ1) is 9.92. The zero-order chi connectivity index (χ0) is 13.4. The van der Waals surface area contributed by atoms with Crippen LogP contribution < -0.4 is 4.90 Å². The Morgan fingerprint density at radius 3 is 2.70 bits per heavy atom. The molecule has 0 fully saturated rings. The Bertz CT molecular complexity index is 732. The number of hydrogen-bond acceptors (Lipinski definition) is 2. The minimum Gasteiger partial charge on any atom is -0.341 e. The van der Waals surface area contributed by atoms with Gasteiger partial charge in [0.2, 0.25) is 0 Å². The van der Waals surface area contributed by atoms with Crippen molar-refractivity contribution in [1.29, 1.82) is 0 Å². The second kappa shape index (κ2) is 4.53. The molecule has 1 aliphatic heterocycles. The molecule has 0 spiro atoms. The topological polar surface area (TPSA) is 21.1 Å². The molecule has 0 saturated carbocycles. The predicted molar refractivity (Wildman–Crippen MR) is 80.7 cm³/mol. The molecule has 3 aromatic rings. The second-order valence-electron chi connectivity index (χ2n) is 5.00. The van der Waals surface area contributed by atoms with Crippen LogP contribution in [0.2, 0.25) is 0 Å². The molecule has 0 N–H and O–H groups in total. The van der Waals surface area contributed by atoms with Crippen molar-refractivity contribution in [3.8, 4) is 5.69 Å². The van der Waals surface area contributed by atoms with Crippen LogP contribution in [0.3, 0.4) is 0 Å². The van der Waals surface area contributed by atoms with Gasteiger partial charge < -0.3 is 4.90 Å². The van der Waals surface area contributed by atoms with Crippen molar-refractivity contribution >= 4 is 11.4 Å². The van der Waals surface area contributed by atoms with Crippen LogP contribution in [0.15, 0.2) is 67.0 Å². The van der Waals surface area contributed by atoms with Gasteiger partial charge in [-0.05, 0) is 42.3 Å². The van der Waals surface area contributed by atoms with Crippen molar-refractivity contribution in [2.24, 2.45) is 0 Å². The van der Waals surface area contributed by atoms with Crippen LogP contribution in [0.25, 0.3) is 5.69 Å². The molecule has 0 radical (unpaired) electrons. The Balaban J connectivity index is 1.76. The second-order valence-corrected chi connectivity index (χ2v) is 5.00. The summed E-state index contributed by atoms with van der Waals surface area (Å²) < 4.78 is 1.89. The van der Waals surface area contributed by atoms with Gasteiger partial charge in [0.25, 0.3) is 0 Å². The van der Waals surface area contributed by atoms with Crippen molar-refractivity contribution < 1.29 is 0 Å². The van der Waals surface area contributed by atoms with Crippen LogP contribution >= 0.6 is 0 Å². The number of fused-ring (bicyclic) bond motifs is 1. The Morgan fingerprint density at radius 2 is 1.80 bits per heavy atom. The van der Waals surface area contributed by atoms with E-state index in [9.17, 15) is 0 Å². The molecule has 0 bridgehead atoms. The van der Waals surface area contributed by atoms with Gasteiger partial charge in [-0.2, -0.15) is 5.10 Å². The summed E-state index contributed by atoms with van der Waals surface area (Å²) in [5.41, 5.74) is 5.07. The van der Waals surface area contributed by atoms with Gasteiger partial charge in [-0.15, -0.1) is 0 Å². The monoisotopic (exact) mass is 261 g/mol. The number of anilines is 2. The Kier molecular flexibility index (Phi) is 2.56. The zero-order valence-corrected chi connectivity index (χ0v) is 11.1. The lowest BCUT2D eigenvalue weighted by Gasteiger charge is -2.20. The molecule has 2 aromatic carbocycles. The molecule has 0 amide bonds. The van der Waals surface area contributed by atoms with Gasteiger partial charge in [0.15, 0.2) is 0 Å². The van der Waals surface area contributed by atoms with E-state index in [0.717, 1.165) is 18.7 Å². The number of nitrogens with zero attached hydrogens (tertiary/aromatic N) is 3. The summed E-state index contributed by atoms with van der Waals surface area (Å²) in [6.07, 6.45) is 4.89. The van der Waals surface area contributed by atoms with E-state index in [4.69, 9.17) is 0 Å². The fourth-order valence-corrected chi connectivity index (χ4v) is 2.83. The molecule has 1 aromatic heterocycles. The lowest BCUT2D eigenvalue weighted by atomic mass is 10.2. The quantitative estimate of drug-likeness (QED) is 0.703. The third kappa shape index (κ3) is 1.79. The van der Waals surface area contributed by atoms with Crippen LogP contribution in [0.4, 0.5) is 11.4 Å². The molecule has 0 aliphatic carbocycles. The van der Waals surface area contributed by atoms with E-state index in [-0.39, 0.29) is 0 Å². The highest BCUT2D eigenvalue weighted by Gasteiger charge is 2.19. The number of para-hydroxylation sites is 1. The summed E-state index contributed by atoms with van der Waals surface area (Å²) in [6, 6.07) is 19.1. The molecule has 4 rings (SSSR count). The summed E-state index contributed by atoms with van der Waals surface area (Å²) in [5.74, 6) is 0. The van der Waals surface area contributed by atoms with Gasteiger partial charge in [-0.25, -0.2) is 4.68 Å². The molecular formula is C17H15N3. The smallest absolute Gasteiger partial charge is 0.0666 e. The molecule has 20 heavy (non-hydrogen) atoms. The van der Waals surface area contributed by atoms with E-state index in [1.165, 1.54) is 16.9 Å². The van der Waals surface area contributed by atoms with Crippen LogP contribution in [0.1, 0.15) is 5.56 Å². The number of aromatic nitrogens is 2. The molecule has 3 nitrogen and oxygen atoms in total. The van der Waals surface area contributed by atoms with Gasteiger partial charge in [-0.3, -0.25) is 0 Å². The van der Waals surface area contributed by atoms with E-state index >= 15 is 0 Å². The highest BCUT2D eigenvalue weighted by atomic mass is 15.3. The highest BCUT2D eigenvalue weighted by molar-refractivity contribution is 5.70. The SMILES string of the molecule is c1cc(N2CCc3ccccc32)cc(-n2cccn2)c1. The maximum atomic E-state index is 4.30. The summed E-state index contributed by atoms with van der Waals surface area (Å²) in [6.45, 7) is 1.04. The normalized spacial score (nSPS) is 13.5. The average molecular weight is 261 g/mol. The molecule has 2 heterocycles. The molecule has 98 valence electrons. The van der Waals surface area contributed by atoms with Gasteiger partial charge in [0, 0.05) is 30.3 Å². The van der Waals surface area contributed by atoms with E-state index in [0.29, 0.717) is 0 Å². The zero-order valence-electron chi connectivity index (χ0n) is 11.1. The molecule has 0 saturated heterocycles. The Labute approximate surface area is 118 Å². The van der Waals surface area contributed by atoms with Crippen molar-refractivity contribution in [3.05, 3.63) is 72.6 Å². The van der Waals surface area contributed by atoms with Crippen molar-refractivity contribution in [2.45, 2.75) is 6.42 Å². The summed E-state index contributed by atoms with van der Waals surface area (Å²) in [4.78, 5) is 2.38. The lowest BCUT2D eigenvalue weighted by molar-refractivity contribution is 0.878. The van der Waals surface area contributed by atoms with Crippen LogP contribution in [-0.4, -0.2) is 16.3 Å². The average Bonchev–Trinajstić information content (AvgIpc) is 3.17. The first-order valence-electron chi connectivity index (χ1n) is 6.87. The minimum absolute atomic E-state index is 1.04. The summed E-state index contributed by atoms with van der Waals surface area (Å²) in [5, 5.41) is 4.30. The fourth-order valence-electron chi connectivity index (χ4n) is 2.83. The van der Waals surface area contributed by atoms with E-state index in [1.54, 1.807) is 6.20 Å². The minimum atomic E-state index is 1.04. The van der Waals surface area contributed by atoms with Gasteiger partial charge in [0.1, 0.15) is 0 Å². The number of benzene rings is 2. The number of hydrogen-bond donors (Lipinski definition) is 0. The fraction of sp³-hybridized carbons (Fsp3) is 0.118. The first-order valence-corrected chi connectivity index (χ1v) is 6.87. The maximum Gasteiger partial charge on any atom is 0.0666 e. The molecule has 0 unspecified atom stereocenters. The van der Waals surface area contributed by atoms with Crippen molar-refractivity contribution in [2.75, 3.05) is 11.4 Å². The van der Waals surface area contributed by atoms with E-state index in [1.807, 2.05) is 16.9 Å². The third-order valence-electron chi connectivity index (χ3n) is 3.80. The summed E-state index contributed by atoms with van der Waals surface area (Å²) in [7, 11) is 0. The molecule has 0 atom stereocenters. The van der Waals surface area contributed by atoms with Crippen LogP contribution in [-0.2, 0) is 6.42 Å². The maximum absolute atomic E-state index is 4.30. The van der Waals surface area contributed by atoms with Crippen LogP contribution in [0.5, 0.6) is 0 Å². The van der Waals surface area contributed by atoms with E-state index in [2.05, 4.69) is 58.5 Å². The number of rotatable bonds is 2. The highest BCUT2D eigenvalue weighted by Crippen LogP contribution is 2.34. The van der Waals surface area contributed by atoms with Crippen molar-refractivity contribution in [3.63, 3.8) is 0 Å². The largest absolute Gasteiger partial charge is 0.341 e. The van der Waals surface area contributed by atoms with Gasteiger partial charge >= 0.3 is 0 Å². The van der Waals surface area contributed by atoms with Crippen LogP contribution in [0, 0.1) is 0 Å². The molecule has 3 heteroatoms. The standard InChI is InChI=1S/C17H15N3/c1-2-8-17-14(5-1)9-12-19(17)15-6-3-7-16(13-15)20-11-4-10-18-20/h1-8,10-11,13H,9,12H2. The Morgan fingerprint density at radius 1 is 0.900 bits per heavy atom. The Hall–Kier alpha value is -2.55.